The first-order valence-corrected chi connectivity index (χ1v) is 9.20. The number of para-hydroxylation sites is 2. The first-order valence-electron chi connectivity index (χ1n) is 9.20. The minimum atomic E-state index is -0.548. The number of urea groups is 1. The van der Waals surface area contributed by atoms with Crippen molar-refractivity contribution in [3.63, 3.8) is 0 Å². The summed E-state index contributed by atoms with van der Waals surface area (Å²) in [7, 11) is 0. The zero-order chi connectivity index (χ0) is 18.6. The number of nitrogens with two attached hydrogens (primary N) is 1. The molecular weight excluding hydrogens is 380 g/mol. The molecule has 2 heterocycles. The number of piperazine rings is 1. The number of carbonyl (C=O) groups is 1. The second kappa shape index (κ2) is 9.03. The van der Waals surface area contributed by atoms with E-state index in [1.54, 1.807) is 0 Å². The lowest BCUT2D eigenvalue weighted by Crippen LogP contribution is -2.50. The third kappa shape index (κ3) is 4.79. The van der Waals surface area contributed by atoms with Crippen molar-refractivity contribution in [2.24, 2.45) is 5.73 Å². The van der Waals surface area contributed by atoms with Gasteiger partial charge in [0.25, 0.3) is 0 Å². The molecule has 2 aliphatic rings. The highest BCUT2D eigenvalue weighted by atomic mass is 35.5. The van der Waals surface area contributed by atoms with Crippen molar-refractivity contribution in [2.45, 2.75) is 6.10 Å². The summed E-state index contributed by atoms with van der Waals surface area (Å²) in [5.41, 5.74) is 7.00. The number of nitrogens with zero attached hydrogens (tertiary/aromatic N) is 2. The molecule has 1 atom stereocenters. The van der Waals surface area contributed by atoms with E-state index < -0.39 is 6.03 Å². The molecule has 0 bridgehead atoms. The summed E-state index contributed by atoms with van der Waals surface area (Å²) in [5, 5.41) is 2.63. The maximum atomic E-state index is 11.0. The topological polar surface area (TPSA) is 80.1 Å². The number of primary amides is 1. The Balaban J connectivity index is 0.00000225. The molecule has 0 saturated carbocycles. The summed E-state index contributed by atoms with van der Waals surface area (Å²) in [4.78, 5) is 15.8. The van der Waals surface area contributed by atoms with Crippen LogP contribution in [0.1, 0.15) is 0 Å². The summed E-state index contributed by atoms with van der Waals surface area (Å²) in [5.74, 6) is 1.65. The molecule has 150 valence electrons. The van der Waals surface area contributed by atoms with Crippen LogP contribution in [0.15, 0.2) is 48.5 Å². The van der Waals surface area contributed by atoms with Gasteiger partial charge in [0.15, 0.2) is 11.5 Å². The molecule has 1 fully saturated rings. The van der Waals surface area contributed by atoms with E-state index in [9.17, 15) is 4.79 Å². The average Bonchev–Trinajstić information content (AvgIpc) is 2.68. The van der Waals surface area contributed by atoms with Gasteiger partial charge in [0.2, 0.25) is 0 Å². The fourth-order valence-corrected chi connectivity index (χ4v) is 3.55. The van der Waals surface area contributed by atoms with Gasteiger partial charge in [0, 0.05) is 44.1 Å². The normalized spacial score (nSPS) is 18.9. The zero-order valence-corrected chi connectivity index (χ0v) is 16.4. The molecule has 2 aromatic carbocycles. The smallest absolute Gasteiger partial charge is 0.316 e. The standard InChI is InChI=1S/C20H24N4O3.ClH/c21-20(25)22-15-4-3-5-16(12-15)24-10-8-23(9-11-24)13-17-14-26-18-6-1-2-7-19(18)27-17;/h1-7,12,17H,8-11,13-14H2,(H3,21,22,25);1H. The number of carbonyl (C=O) groups excluding carboxylic acids is 1. The van der Waals surface area contributed by atoms with Gasteiger partial charge >= 0.3 is 6.03 Å². The lowest BCUT2D eigenvalue weighted by molar-refractivity contribution is 0.0571. The van der Waals surface area contributed by atoms with Crippen molar-refractivity contribution < 1.29 is 14.3 Å². The molecule has 1 unspecified atom stereocenters. The molecule has 8 heteroatoms. The van der Waals surface area contributed by atoms with E-state index in [4.69, 9.17) is 15.2 Å². The van der Waals surface area contributed by atoms with Crippen LogP contribution in [0.5, 0.6) is 11.5 Å². The zero-order valence-electron chi connectivity index (χ0n) is 15.5. The molecule has 7 nitrogen and oxygen atoms in total. The molecule has 0 aromatic heterocycles. The van der Waals surface area contributed by atoms with E-state index in [2.05, 4.69) is 21.2 Å². The number of hydrogen-bond acceptors (Lipinski definition) is 5. The summed E-state index contributed by atoms with van der Waals surface area (Å²) < 4.78 is 11.9. The van der Waals surface area contributed by atoms with Crippen LogP contribution in [0.25, 0.3) is 0 Å². The maximum absolute atomic E-state index is 11.0. The van der Waals surface area contributed by atoms with E-state index in [-0.39, 0.29) is 18.5 Å². The quantitative estimate of drug-likeness (QED) is 0.818. The van der Waals surface area contributed by atoms with Crippen LogP contribution < -0.4 is 25.4 Å². The lowest BCUT2D eigenvalue weighted by Gasteiger charge is -2.38. The van der Waals surface area contributed by atoms with Crippen LogP contribution in [0.4, 0.5) is 16.2 Å². The maximum Gasteiger partial charge on any atom is 0.316 e. The number of ether oxygens (including phenoxy) is 2. The van der Waals surface area contributed by atoms with E-state index in [0.29, 0.717) is 12.3 Å². The van der Waals surface area contributed by atoms with Crippen molar-refractivity contribution in [3.05, 3.63) is 48.5 Å². The van der Waals surface area contributed by atoms with Crippen molar-refractivity contribution in [1.82, 2.24) is 4.90 Å². The second-order valence-electron chi connectivity index (χ2n) is 6.82. The molecule has 0 aliphatic carbocycles. The van der Waals surface area contributed by atoms with Gasteiger partial charge in [-0.3, -0.25) is 4.90 Å². The SMILES string of the molecule is Cl.NC(=O)Nc1cccc(N2CCN(CC3COc4ccccc4O3)CC2)c1. The van der Waals surface area contributed by atoms with Crippen molar-refractivity contribution >= 4 is 29.8 Å². The van der Waals surface area contributed by atoms with Crippen molar-refractivity contribution in [3.8, 4) is 11.5 Å². The fourth-order valence-electron chi connectivity index (χ4n) is 3.55. The van der Waals surface area contributed by atoms with Gasteiger partial charge in [0.05, 0.1) is 0 Å². The van der Waals surface area contributed by atoms with E-state index in [0.717, 1.165) is 49.9 Å². The molecule has 2 amide bonds. The van der Waals surface area contributed by atoms with E-state index in [1.165, 1.54) is 0 Å². The Morgan fingerprint density at radius 3 is 2.57 bits per heavy atom. The molecule has 2 aromatic rings. The number of amides is 2. The molecule has 0 spiro atoms. The number of hydrogen-bond donors (Lipinski definition) is 2. The molecule has 2 aliphatic heterocycles. The monoisotopic (exact) mass is 404 g/mol. The Hall–Kier alpha value is -2.64. The van der Waals surface area contributed by atoms with E-state index in [1.807, 2.05) is 42.5 Å². The molecule has 4 rings (SSSR count). The Bertz CT molecular complexity index is 812. The minimum Gasteiger partial charge on any atom is -0.486 e. The minimum absolute atomic E-state index is 0. The highest BCUT2D eigenvalue weighted by Gasteiger charge is 2.25. The third-order valence-corrected chi connectivity index (χ3v) is 4.88. The highest BCUT2D eigenvalue weighted by Crippen LogP contribution is 2.31. The second-order valence-corrected chi connectivity index (χ2v) is 6.82. The van der Waals surface area contributed by atoms with Crippen LogP contribution in [0.3, 0.4) is 0 Å². The Morgan fingerprint density at radius 1 is 1.07 bits per heavy atom. The van der Waals surface area contributed by atoms with Crippen molar-refractivity contribution in [2.75, 3.05) is 49.5 Å². The Kier molecular flexibility index (Phi) is 6.49. The van der Waals surface area contributed by atoms with Crippen molar-refractivity contribution in [1.29, 1.82) is 0 Å². The average molecular weight is 405 g/mol. The predicted molar refractivity (Wildman–Crippen MR) is 112 cm³/mol. The largest absolute Gasteiger partial charge is 0.486 e. The number of benzene rings is 2. The Labute approximate surface area is 170 Å². The predicted octanol–water partition coefficient (Wildman–Crippen LogP) is 2.56. The number of halogens is 1. The third-order valence-electron chi connectivity index (χ3n) is 4.88. The van der Waals surface area contributed by atoms with Gasteiger partial charge in [-0.25, -0.2) is 4.79 Å². The highest BCUT2D eigenvalue weighted by molar-refractivity contribution is 5.88. The van der Waals surface area contributed by atoms with Gasteiger partial charge in [-0.05, 0) is 30.3 Å². The van der Waals surface area contributed by atoms with Crippen LogP contribution >= 0.6 is 12.4 Å². The van der Waals surface area contributed by atoms with Gasteiger partial charge in [-0.2, -0.15) is 0 Å². The van der Waals surface area contributed by atoms with E-state index >= 15 is 0 Å². The molecule has 1 saturated heterocycles. The molecular formula is C20H25ClN4O3. The lowest BCUT2D eigenvalue weighted by atomic mass is 10.2. The van der Waals surface area contributed by atoms with Crippen LogP contribution in [-0.4, -0.2) is 56.4 Å². The van der Waals surface area contributed by atoms with Gasteiger partial charge in [-0.1, -0.05) is 18.2 Å². The van der Waals surface area contributed by atoms with Gasteiger partial charge < -0.3 is 25.4 Å². The summed E-state index contributed by atoms with van der Waals surface area (Å²) in [6.45, 7) is 5.18. The number of fused-ring (bicyclic) bond motifs is 1. The number of nitrogens with one attached hydrogen (secondary N) is 1. The van der Waals surface area contributed by atoms with Crippen LogP contribution in [0, 0.1) is 0 Å². The number of rotatable bonds is 4. The Morgan fingerprint density at radius 2 is 1.82 bits per heavy atom. The molecule has 28 heavy (non-hydrogen) atoms. The van der Waals surface area contributed by atoms with Gasteiger partial charge in [0.1, 0.15) is 12.7 Å². The van der Waals surface area contributed by atoms with Crippen LogP contribution in [-0.2, 0) is 0 Å². The summed E-state index contributed by atoms with van der Waals surface area (Å²) in [6, 6.07) is 15.0. The summed E-state index contributed by atoms with van der Waals surface area (Å²) >= 11 is 0. The van der Waals surface area contributed by atoms with Gasteiger partial charge in [-0.15, -0.1) is 12.4 Å². The molecule has 3 N–H and O–H groups in total. The number of anilines is 2. The first kappa shape index (κ1) is 20.1. The summed E-state index contributed by atoms with van der Waals surface area (Å²) in [6.07, 6.45) is 0.0505. The van der Waals surface area contributed by atoms with Crippen LogP contribution in [0.2, 0.25) is 0 Å². The molecule has 0 radical (unpaired) electrons. The fraction of sp³-hybridized carbons (Fsp3) is 0.350. The first-order chi connectivity index (χ1) is 13.2.